The van der Waals surface area contributed by atoms with Crippen molar-refractivity contribution >= 4 is 15.7 Å². The zero-order chi connectivity index (χ0) is 13.1. The van der Waals surface area contributed by atoms with Gasteiger partial charge in [-0.15, -0.1) is 0 Å². The van der Waals surface area contributed by atoms with Gasteiger partial charge in [0.25, 0.3) is 0 Å². The van der Waals surface area contributed by atoms with E-state index in [2.05, 4.69) is 15.3 Å². The maximum atomic E-state index is 13.7. The summed E-state index contributed by atoms with van der Waals surface area (Å²) in [6, 6.07) is -0.404. The maximum Gasteiger partial charge on any atom is 0.186 e. The molecule has 17 heavy (non-hydrogen) atoms. The van der Waals surface area contributed by atoms with Crippen LogP contribution in [0.4, 0.5) is 10.2 Å². The van der Waals surface area contributed by atoms with Crippen LogP contribution in [0.25, 0.3) is 0 Å². The van der Waals surface area contributed by atoms with Crippen LogP contribution in [0.5, 0.6) is 0 Å². The van der Waals surface area contributed by atoms with Gasteiger partial charge in [0.2, 0.25) is 0 Å². The highest BCUT2D eigenvalue weighted by molar-refractivity contribution is 7.90. The first-order chi connectivity index (χ1) is 7.83. The molecule has 0 aromatic carbocycles. The van der Waals surface area contributed by atoms with E-state index in [0.717, 1.165) is 6.26 Å². The van der Waals surface area contributed by atoms with Crippen molar-refractivity contribution in [3.8, 4) is 0 Å². The number of aromatic nitrogens is 2. The average Bonchev–Trinajstić information content (AvgIpc) is 2.18. The number of hydrogen-bond acceptors (Lipinski definition) is 5. The summed E-state index contributed by atoms with van der Waals surface area (Å²) in [7, 11) is -3.10. The number of hydrogen-bond donors (Lipinski definition) is 1. The second-order valence-electron chi connectivity index (χ2n) is 3.97. The molecule has 0 aliphatic heterocycles. The number of nitrogens with one attached hydrogen (secondary N) is 1. The first-order valence-corrected chi connectivity index (χ1v) is 7.33. The summed E-state index contributed by atoms with van der Waals surface area (Å²) < 4.78 is 35.9. The lowest BCUT2D eigenvalue weighted by Gasteiger charge is -2.14. The third kappa shape index (κ3) is 4.26. The average molecular weight is 261 g/mol. The largest absolute Gasteiger partial charge is 0.364 e. The van der Waals surface area contributed by atoms with Gasteiger partial charge in [-0.05, 0) is 13.3 Å². The summed E-state index contributed by atoms with van der Waals surface area (Å²) in [5.41, 5.74) is 0.314. The molecular weight excluding hydrogens is 245 g/mol. The van der Waals surface area contributed by atoms with Crippen molar-refractivity contribution in [2.75, 3.05) is 17.3 Å². The van der Waals surface area contributed by atoms with E-state index in [9.17, 15) is 12.8 Å². The molecule has 0 spiro atoms. The van der Waals surface area contributed by atoms with Crippen LogP contribution < -0.4 is 5.32 Å². The predicted molar refractivity (Wildman–Crippen MR) is 64.2 cm³/mol. The Labute approximate surface area is 100 Å². The first-order valence-electron chi connectivity index (χ1n) is 5.27. The number of halogens is 1. The van der Waals surface area contributed by atoms with Crippen LogP contribution >= 0.6 is 0 Å². The van der Waals surface area contributed by atoms with Crippen molar-refractivity contribution < 1.29 is 12.8 Å². The quantitative estimate of drug-likeness (QED) is 0.857. The van der Waals surface area contributed by atoms with Crippen LogP contribution in [-0.2, 0) is 16.3 Å². The highest BCUT2D eigenvalue weighted by Gasteiger charge is 2.15. The fourth-order valence-corrected chi connectivity index (χ4v) is 2.47. The lowest BCUT2D eigenvalue weighted by atomic mass is 10.3. The molecule has 1 aromatic heterocycles. The van der Waals surface area contributed by atoms with Gasteiger partial charge in [0.15, 0.2) is 11.6 Å². The number of nitrogens with zero attached hydrogens (tertiary/aromatic N) is 2. The van der Waals surface area contributed by atoms with Crippen molar-refractivity contribution in [2.45, 2.75) is 26.3 Å². The van der Waals surface area contributed by atoms with Crippen molar-refractivity contribution in [3.05, 3.63) is 17.8 Å². The monoisotopic (exact) mass is 261 g/mol. The minimum atomic E-state index is -3.10. The molecule has 0 radical (unpaired) electrons. The van der Waals surface area contributed by atoms with Crippen LogP contribution in [0.15, 0.2) is 6.33 Å². The molecule has 1 N–H and O–H groups in total. The maximum absolute atomic E-state index is 13.7. The van der Waals surface area contributed by atoms with Gasteiger partial charge in [-0.2, -0.15) is 0 Å². The van der Waals surface area contributed by atoms with Crippen LogP contribution in [0.3, 0.4) is 0 Å². The molecule has 0 saturated heterocycles. The summed E-state index contributed by atoms with van der Waals surface area (Å²) in [6.07, 6.45) is 2.86. The predicted octanol–water partition coefficient (Wildman–Crippen LogP) is 1.02. The number of rotatable bonds is 5. The van der Waals surface area contributed by atoms with E-state index >= 15 is 0 Å². The summed E-state index contributed by atoms with van der Waals surface area (Å²) in [6.45, 7) is 3.45. The van der Waals surface area contributed by atoms with Crippen molar-refractivity contribution in [1.29, 1.82) is 0 Å². The Morgan fingerprint density at radius 3 is 2.65 bits per heavy atom. The van der Waals surface area contributed by atoms with Gasteiger partial charge < -0.3 is 5.32 Å². The molecule has 0 aliphatic rings. The van der Waals surface area contributed by atoms with Crippen molar-refractivity contribution in [1.82, 2.24) is 9.97 Å². The topological polar surface area (TPSA) is 72.0 Å². The molecule has 0 bridgehead atoms. The van der Waals surface area contributed by atoms with Crippen LogP contribution in [0, 0.1) is 5.82 Å². The summed E-state index contributed by atoms with van der Waals surface area (Å²) in [4.78, 5) is 7.56. The molecule has 0 saturated carbocycles. The van der Waals surface area contributed by atoms with Gasteiger partial charge in [-0.1, -0.05) is 6.92 Å². The van der Waals surface area contributed by atoms with Gasteiger partial charge in [0.05, 0.1) is 11.4 Å². The fourth-order valence-electron chi connectivity index (χ4n) is 1.48. The molecule has 1 aromatic rings. The lowest BCUT2D eigenvalue weighted by Crippen LogP contribution is -2.26. The molecule has 0 amide bonds. The minimum Gasteiger partial charge on any atom is -0.364 e. The molecule has 1 heterocycles. The minimum absolute atomic E-state index is 0.0491. The molecule has 0 fully saturated rings. The zero-order valence-electron chi connectivity index (χ0n) is 10.1. The second kappa shape index (κ2) is 5.39. The van der Waals surface area contributed by atoms with Crippen LogP contribution in [0.1, 0.15) is 19.5 Å². The number of aryl methyl sites for hydroxylation is 1. The van der Waals surface area contributed by atoms with Gasteiger partial charge in [-0.25, -0.2) is 22.8 Å². The summed E-state index contributed by atoms with van der Waals surface area (Å²) in [5.74, 6) is -0.541. The third-order valence-electron chi connectivity index (χ3n) is 2.13. The van der Waals surface area contributed by atoms with E-state index in [1.54, 1.807) is 13.8 Å². The Balaban J connectivity index is 2.82. The Hall–Kier alpha value is -1.24. The highest BCUT2D eigenvalue weighted by Crippen LogP contribution is 2.14. The molecule has 7 heteroatoms. The lowest BCUT2D eigenvalue weighted by molar-refractivity contribution is 0.588. The van der Waals surface area contributed by atoms with E-state index < -0.39 is 21.7 Å². The van der Waals surface area contributed by atoms with E-state index in [1.165, 1.54) is 6.33 Å². The normalized spacial score (nSPS) is 13.4. The van der Waals surface area contributed by atoms with Gasteiger partial charge in [0, 0.05) is 12.3 Å². The first kappa shape index (κ1) is 13.8. The van der Waals surface area contributed by atoms with Crippen molar-refractivity contribution in [3.63, 3.8) is 0 Å². The summed E-state index contributed by atoms with van der Waals surface area (Å²) >= 11 is 0. The Kier molecular flexibility index (Phi) is 4.39. The smallest absolute Gasteiger partial charge is 0.186 e. The SMILES string of the molecule is CCc1ncnc(NC(C)CS(C)(=O)=O)c1F. The Morgan fingerprint density at radius 1 is 1.47 bits per heavy atom. The van der Waals surface area contributed by atoms with Gasteiger partial charge in [0.1, 0.15) is 16.2 Å². The van der Waals surface area contributed by atoms with E-state index in [-0.39, 0.29) is 11.6 Å². The van der Waals surface area contributed by atoms with Gasteiger partial charge >= 0.3 is 0 Å². The molecule has 1 atom stereocenters. The van der Waals surface area contributed by atoms with Crippen LogP contribution in [-0.4, -0.2) is 36.4 Å². The van der Waals surface area contributed by atoms with E-state index in [4.69, 9.17) is 0 Å². The molecule has 5 nitrogen and oxygen atoms in total. The summed E-state index contributed by atoms with van der Waals surface area (Å²) in [5, 5.41) is 2.74. The highest BCUT2D eigenvalue weighted by atomic mass is 32.2. The van der Waals surface area contributed by atoms with E-state index in [1.807, 2.05) is 0 Å². The fraction of sp³-hybridized carbons (Fsp3) is 0.600. The third-order valence-corrected chi connectivity index (χ3v) is 3.24. The second-order valence-corrected chi connectivity index (χ2v) is 6.16. The van der Waals surface area contributed by atoms with Crippen LogP contribution in [0.2, 0.25) is 0 Å². The van der Waals surface area contributed by atoms with Crippen molar-refractivity contribution in [2.24, 2.45) is 0 Å². The number of sulfone groups is 1. The van der Waals surface area contributed by atoms with Gasteiger partial charge in [-0.3, -0.25) is 0 Å². The Bertz CT molecular complexity index is 490. The Morgan fingerprint density at radius 2 is 2.12 bits per heavy atom. The molecule has 0 aliphatic carbocycles. The molecule has 96 valence electrons. The van der Waals surface area contributed by atoms with E-state index in [0.29, 0.717) is 12.1 Å². The molecular formula is C10H16FN3O2S. The molecule has 1 rings (SSSR count). The zero-order valence-corrected chi connectivity index (χ0v) is 10.9. The number of anilines is 1. The standard InChI is InChI=1S/C10H16FN3O2S/c1-4-8-9(11)10(13-6-12-8)14-7(2)5-17(3,15)16/h6-7H,4-5H2,1-3H3,(H,12,13,14). The molecule has 1 unspecified atom stereocenters.